The summed E-state index contributed by atoms with van der Waals surface area (Å²) in [6.07, 6.45) is 0. The number of carboxylic acids is 1. The third kappa shape index (κ3) is 3.40. The molecule has 23 heavy (non-hydrogen) atoms. The van der Waals surface area contributed by atoms with Crippen molar-refractivity contribution in [2.45, 2.75) is 18.3 Å². The molecule has 1 heterocycles. The maximum Gasteiger partial charge on any atom is 0.327 e. The Hall–Kier alpha value is -2.27. The normalized spacial score (nSPS) is 14.6. The predicted octanol–water partition coefficient (Wildman–Crippen LogP) is 3.03. The number of thioether (sulfide) groups is 1. The van der Waals surface area contributed by atoms with Crippen molar-refractivity contribution in [1.29, 1.82) is 0 Å². The monoisotopic (exact) mass is 327 g/mol. The van der Waals surface area contributed by atoms with Crippen LogP contribution in [-0.4, -0.2) is 33.7 Å². The molecule has 0 fully saturated rings. The average Bonchev–Trinajstić information content (AvgIpc) is 2.89. The van der Waals surface area contributed by atoms with Gasteiger partial charge in [-0.3, -0.25) is 4.79 Å². The Balaban J connectivity index is 1.66. The van der Waals surface area contributed by atoms with E-state index in [-0.39, 0.29) is 5.91 Å². The van der Waals surface area contributed by atoms with Gasteiger partial charge in [0.15, 0.2) is 0 Å². The van der Waals surface area contributed by atoms with Crippen molar-refractivity contribution in [3.63, 3.8) is 0 Å². The minimum atomic E-state index is -0.952. The highest BCUT2D eigenvalue weighted by Gasteiger charge is 2.35. The standard InChI is InChI=1S/C18H17NO3S/c20-17-15-9-5-4-8-14(15)10-19(17)16(18(21)22)12-23-11-13-6-2-1-3-7-13/h1-9,16H,10-12H2,(H,21,22). The molecule has 2 aromatic carbocycles. The summed E-state index contributed by atoms with van der Waals surface area (Å²) in [5, 5.41) is 9.52. The largest absolute Gasteiger partial charge is 0.480 e. The van der Waals surface area contributed by atoms with E-state index in [0.29, 0.717) is 17.9 Å². The zero-order valence-corrected chi connectivity index (χ0v) is 13.3. The fourth-order valence-corrected chi connectivity index (χ4v) is 3.78. The van der Waals surface area contributed by atoms with Crippen molar-refractivity contribution in [2.75, 3.05) is 5.75 Å². The third-order valence-corrected chi connectivity index (χ3v) is 4.99. The maximum absolute atomic E-state index is 12.4. The van der Waals surface area contributed by atoms with Gasteiger partial charge in [-0.1, -0.05) is 48.5 Å². The Morgan fingerprint density at radius 1 is 1.13 bits per heavy atom. The van der Waals surface area contributed by atoms with E-state index in [1.165, 1.54) is 16.7 Å². The summed E-state index contributed by atoms with van der Waals surface area (Å²) in [6.45, 7) is 0.373. The first-order valence-corrected chi connectivity index (χ1v) is 8.55. The molecule has 1 amide bonds. The second-order valence-corrected chi connectivity index (χ2v) is 6.48. The van der Waals surface area contributed by atoms with E-state index in [2.05, 4.69) is 0 Å². The van der Waals surface area contributed by atoms with Gasteiger partial charge in [-0.05, 0) is 17.2 Å². The molecule has 0 spiro atoms. The topological polar surface area (TPSA) is 57.6 Å². The van der Waals surface area contributed by atoms with E-state index in [0.717, 1.165) is 16.9 Å². The van der Waals surface area contributed by atoms with Crippen LogP contribution >= 0.6 is 11.8 Å². The number of carboxylic acid groups (broad SMARTS) is 1. The zero-order chi connectivity index (χ0) is 16.2. The van der Waals surface area contributed by atoms with Gasteiger partial charge >= 0.3 is 5.97 Å². The number of aliphatic carboxylic acids is 1. The summed E-state index contributed by atoms with van der Waals surface area (Å²) in [5.74, 6) is -0.0242. The highest BCUT2D eigenvalue weighted by Crippen LogP contribution is 2.26. The van der Waals surface area contributed by atoms with Crippen LogP contribution in [0.25, 0.3) is 0 Å². The zero-order valence-electron chi connectivity index (χ0n) is 12.5. The van der Waals surface area contributed by atoms with Gasteiger partial charge in [0.05, 0.1) is 0 Å². The summed E-state index contributed by atoms with van der Waals surface area (Å²) in [4.78, 5) is 25.5. The lowest BCUT2D eigenvalue weighted by molar-refractivity contribution is -0.141. The number of nitrogens with zero attached hydrogens (tertiary/aromatic N) is 1. The minimum Gasteiger partial charge on any atom is -0.480 e. The highest BCUT2D eigenvalue weighted by molar-refractivity contribution is 7.98. The molecule has 3 rings (SSSR count). The van der Waals surface area contributed by atoms with Gasteiger partial charge in [-0.25, -0.2) is 4.79 Å². The molecular formula is C18H17NO3S. The number of benzene rings is 2. The summed E-state index contributed by atoms with van der Waals surface area (Å²) >= 11 is 1.54. The molecule has 5 heteroatoms. The van der Waals surface area contributed by atoms with Crippen molar-refractivity contribution in [3.05, 3.63) is 71.3 Å². The molecule has 1 aliphatic heterocycles. The first-order chi connectivity index (χ1) is 11.2. The lowest BCUT2D eigenvalue weighted by atomic mass is 10.1. The predicted molar refractivity (Wildman–Crippen MR) is 90.3 cm³/mol. The lowest BCUT2D eigenvalue weighted by Crippen LogP contribution is -2.43. The Bertz CT molecular complexity index is 717. The molecule has 4 nitrogen and oxygen atoms in total. The van der Waals surface area contributed by atoms with E-state index in [4.69, 9.17) is 0 Å². The van der Waals surface area contributed by atoms with Gasteiger partial charge in [0.25, 0.3) is 5.91 Å². The molecule has 0 bridgehead atoms. The van der Waals surface area contributed by atoms with Crippen molar-refractivity contribution >= 4 is 23.6 Å². The van der Waals surface area contributed by atoms with Crippen LogP contribution in [0.2, 0.25) is 0 Å². The second kappa shape index (κ2) is 6.87. The smallest absolute Gasteiger partial charge is 0.327 e. The molecule has 0 saturated heterocycles. The number of carbonyl (C=O) groups is 2. The van der Waals surface area contributed by atoms with Gasteiger partial charge in [0, 0.05) is 23.6 Å². The third-order valence-electron chi connectivity index (χ3n) is 3.90. The summed E-state index contributed by atoms with van der Waals surface area (Å²) < 4.78 is 0. The lowest BCUT2D eigenvalue weighted by Gasteiger charge is -2.23. The van der Waals surface area contributed by atoms with Crippen LogP contribution in [0.3, 0.4) is 0 Å². The molecule has 0 radical (unpaired) electrons. The van der Waals surface area contributed by atoms with Gasteiger partial charge < -0.3 is 10.0 Å². The first kappa shape index (κ1) is 15.6. The molecule has 2 aromatic rings. The molecule has 1 atom stereocenters. The first-order valence-electron chi connectivity index (χ1n) is 7.40. The fraction of sp³-hybridized carbons (Fsp3) is 0.222. The van der Waals surface area contributed by atoms with E-state index >= 15 is 0 Å². The second-order valence-electron chi connectivity index (χ2n) is 5.44. The van der Waals surface area contributed by atoms with E-state index in [1.807, 2.05) is 42.5 Å². The molecule has 1 aliphatic rings. The fourth-order valence-electron chi connectivity index (χ4n) is 2.69. The molecule has 0 aliphatic carbocycles. The number of rotatable bonds is 6. The van der Waals surface area contributed by atoms with Crippen LogP contribution in [-0.2, 0) is 17.1 Å². The van der Waals surface area contributed by atoms with Crippen LogP contribution in [0.5, 0.6) is 0 Å². The number of carbonyl (C=O) groups excluding carboxylic acids is 1. The van der Waals surface area contributed by atoms with Gasteiger partial charge in [-0.2, -0.15) is 11.8 Å². The summed E-state index contributed by atoms with van der Waals surface area (Å²) in [7, 11) is 0. The molecule has 118 valence electrons. The van der Waals surface area contributed by atoms with Crippen molar-refractivity contribution in [3.8, 4) is 0 Å². The van der Waals surface area contributed by atoms with Crippen LogP contribution in [0, 0.1) is 0 Å². The SMILES string of the molecule is O=C(O)C(CSCc1ccccc1)N1Cc2ccccc2C1=O. The van der Waals surface area contributed by atoms with Gasteiger partial charge in [0.2, 0.25) is 0 Å². The van der Waals surface area contributed by atoms with Gasteiger partial charge in [-0.15, -0.1) is 0 Å². The van der Waals surface area contributed by atoms with E-state index in [1.54, 1.807) is 12.1 Å². The molecule has 0 aromatic heterocycles. The van der Waals surface area contributed by atoms with Crippen LogP contribution in [0.4, 0.5) is 0 Å². The van der Waals surface area contributed by atoms with E-state index < -0.39 is 12.0 Å². The molecule has 1 N–H and O–H groups in total. The Labute approximate surface area is 139 Å². The van der Waals surface area contributed by atoms with Crippen molar-refractivity contribution < 1.29 is 14.7 Å². The van der Waals surface area contributed by atoms with E-state index in [9.17, 15) is 14.7 Å². The highest BCUT2D eigenvalue weighted by atomic mass is 32.2. The minimum absolute atomic E-state index is 0.187. The van der Waals surface area contributed by atoms with Crippen molar-refractivity contribution in [1.82, 2.24) is 4.90 Å². The Kier molecular flexibility index (Phi) is 4.67. The van der Waals surface area contributed by atoms with Gasteiger partial charge in [0.1, 0.15) is 6.04 Å². The Morgan fingerprint density at radius 2 is 1.83 bits per heavy atom. The summed E-state index contributed by atoms with van der Waals surface area (Å²) in [5.41, 5.74) is 2.67. The number of hydrogen-bond donors (Lipinski definition) is 1. The Morgan fingerprint density at radius 3 is 2.52 bits per heavy atom. The average molecular weight is 327 g/mol. The van der Waals surface area contributed by atoms with Crippen LogP contribution < -0.4 is 0 Å². The summed E-state index contributed by atoms with van der Waals surface area (Å²) in [6, 6.07) is 16.4. The van der Waals surface area contributed by atoms with Crippen molar-refractivity contribution in [2.24, 2.45) is 0 Å². The maximum atomic E-state index is 12.4. The molecule has 0 saturated carbocycles. The molecule has 1 unspecified atom stereocenters. The molecular weight excluding hydrogens is 310 g/mol. The quantitative estimate of drug-likeness (QED) is 0.886. The number of hydrogen-bond acceptors (Lipinski definition) is 3. The van der Waals surface area contributed by atoms with Crippen LogP contribution in [0.1, 0.15) is 21.5 Å². The van der Waals surface area contributed by atoms with Crippen LogP contribution in [0.15, 0.2) is 54.6 Å². The number of amides is 1. The number of fused-ring (bicyclic) bond motifs is 1.